The van der Waals surface area contributed by atoms with Crippen LogP contribution in [0.15, 0.2) is 24.3 Å². The maximum absolute atomic E-state index is 10.2. The largest absolute Gasteiger partial charge is 0.494 e. The Labute approximate surface area is 138 Å². The Bertz CT molecular complexity index is 486. The van der Waals surface area contributed by atoms with E-state index in [1.807, 2.05) is 31.2 Å². The summed E-state index contributed by atoms with van der Waals surface area (Å²) in [7, 11) is 0. The summed E-state index contributed by atoms with van der Waals surface area (Å²) in [6.07, 6.45) is 3.08. The van der Waals surface area contributed by atoms with Crippen molar-refractivity contribution < 1.29 is 19.3 Å². The first-order valence-corrected chi connectivity index (χ1v) is 8.59. The monoisotopic (exact) mass is 321 g/mol. The van der Waals surface area contributed by atoms with Crippen LogP contribution in [0.1, 0.15) is 26.2 Å². The second kappa shape index (κ2) is 7.51. The van der Waals surface area contributed by atoms with Gasteiger partial charge in [-0.3, -0.25) is 4.90 Å². The lowest BCUT2D eigenvalue weighted by Crippen LogP contribution is -2.57. The van der Waals surface area contributed by atoms with E-state index in [2.05, 4.69) is 4.90 Å². The standard InChI is InChI=1S/C18H27NO4/c1-2-21-16-4-6-17(7-5-16)22-13-15(20)12-19-10-11-23-18(14-19)8-3-9-18/h4-7,15,20H,2-3,8-14H2,1H3. The van der Waals surface area contributed by atoms with Gasteiger partial charge in [0.15, 0.2) is 0 Å². The van der Waals surface area contributed by atoms with Crippen LogP contribution in [0.3, 0.4) is 0 Å². The highest BCUT2D eigenvalue weighted by molar-refractivity contribution is 5.31. The Kier molecular flexibility index (Phi) is 5.41. The first kappa shape index (κ1) is 16.6. The molecule has 0 amide bonds. The molecule has 1 aromatic carbocycles. The summed E-state index contributed by atoms with van der Waals surface area (Å²) in [6, 6.07) is 7.51. The SMILES string of the molecule is CCOc1ccc(OCC(O)CN2CCOC3(CCC3)C2)cc1. The molecule has 1 saturated carbocycles. The van der Waals surface area contributed by atoms with Crippen molar-refractivity contribution in [3.05, 3.63) is 24.3 Å². The number of hydrogen-bond acceptors (Lipinski definition) is 5. The van der Waals surface area contributed by atoms with Crippen LogP contribution in [0, 0.1) is 0 Å². The van der Waals surface area contributed by atoms with E-state index in [9.17, 15) is 5.11 Å². The predicted octanol–water partition coefficient (Wildman–Crippen LogP) is 2.08. The van der Waals surface area contributed by atoms with E-state index >= 15 is 0 Å². The van der Waals surface area contributed by atoms with Gasteiger partial charge in [-0.25, -0.2) is 0 Å². The number of benzene rings is 1. The molecule has 1 atom stereocenters. The number of aliphatic hydroxyl groups is 1. The lowest BCUT2D eigenvalue weighted by atomic mass is 9.79. The number of aliphatic hydroxyl groups excluding tert-OH is 1. The molecule has 1 unspecified atom stereocenters. The van der Waals surface area contributed by atoms with E-state index in [4.69, 9.17) is 14.2 Å². The van der Waals surface area contributed by atoms with Crippen LogP contribution in [0.2, 0.25) is 0 Å². The topological polar surface area (TPSA) is 51.2 Å². The number of hydrogen-bond donors (Lipinski definition) is 1. The quantitative estimate of drug-likeness (QED) is 0.833. The lowest BCUT2D eigenvalue weighted by Gasteiger charge is -2.48. The Hall–Kier alpha value is -1.30. The summed E-state index contributed by atoms with van der Waals surface area (Å²) in [5, 5.41) is 10.2. The fourth-order valence-corrected chi connectivity index (χ4v) is 3.29. The highest BCUT2D eigenvalue weighted by Gasteiger charge is 2.42. The third-order valence-corrected chi connectivity index (χ3v) is 4.64. The van der Waals surface area contributed by atoms with Gasteiger partial charge in [0.2, 0.25) is 0 Å². The molecule has 0 aromatic heterocycles. The molecule has 0 radical (unpaired) electrons. The zero-order chi connectivity index (χ0) is 16.1. The Balaban J connectivity index is 1.41. The van der Waals surface area contributed by atoms with Crippen LogP contribution in [0.5, 0.6) is 11.5 Å². The molecule has 1 heterocycles. The first-order valence-electron chi connectivity index (χ1n) is 8.59. The van der Waals surface area contributed by atoms with Gasteiger partial charge in [0.1, 0.15) is 24.2 Å². The minimum absolute atomic E-state index is 0.0773. The number of ether oxygens (including phenoxy) is 3. The second-order valence-corrected chi connectivity index (χ2v) is 6.49. The number of β-amino-alcohol motifs (C(OH)–C–C–N with tert-alkyl or cyclic N) is 1. The summed E-state index contributed by atoms with van der Waals surface area (Å²) in [6.45, 7) is 6.15. The van der Waals surface area contributed by atoms with E-state index in [-0.39, 0.29) is 5.60 Å². The van der Waals surface area contributed by atoms with Crippen molar-refractivity contribution in [3.63, 3.8) is 0 Å². The molecule has 2 fully saturated rings. The molecule has 5 heteroatoms. The average molecular weight is 321 g/mol. The van der Waals surface area contributed by atoms with Gasteiger partial charge in [-0.05, 0) is 50.5 Å². The molecule has 1 aliphatic heterocycles. The number of morpholine rings is 1. The maximum atomic E-state index is 10.2. The van der Waals surface area contributed by atoms with Crippen molar-refractivity contribution in [3.8, 4) is 11.5 Å². The minimum atomic E-state index is -0.489. The molecule has 1 saturated heterocycles. The third-order valence-electron chi connectivity index (χ3n) is 4.64. The molecular formula is C18H27NO4. The molecule has 5 nitrogen and oxygen atoms in total. The van der Waals surface area contributed by atoms with Gasteiger partial charge >= 0.3 is 0 Å². The van der Waals surface area contributed by atoms with Gasteiger partial charge in [-0.2, -0.15) is 0 Å². The summed E-state index contributed by atoms with van der Waals surface area (Å²) < 4.78 is 17.0. The van der Waals surface area contributed by atoms with Crippen molar-refractivity contribution in [2.24, 2.45) is 0 Å². The third kappa shape index (κ3) is 4.37. The fourth-order valence-electron chi connectivity index (χ4n) is 3.29. The van der Waals surface area contributed by atoms with Gasteiger partial charge < -0.3 is 19.3 Å². The van der Waals surface area contributed by atoms with Gasteiger partial charge in [-0.1, -0.05) is 0 Å². The van der Waals surface area contributed by atoms with E-state index in [1.54, 1.807) is 0 Å². The summed E-state index contributed by atoms with van der Waals surface area (Å²) >= 11 is 0. The second-order valence-electron chi connectivity index (χ2n) is 6.49. The van der Waals surface area contributed by atoms with Crippen LogP contribution in [-0.2, 0) is 4.74 Å². The van der Waals surface area contributed by atoms with Crippen LogP contribution in [0.4, 0.5) is 0 Å². The van der Waals surface area contributed by atoms with Gasteiger partial charge in [0.05, 0.1) is 18.8 Å². The van der Waals surface area contributed by atoms with Crippen molar-refractivity contribution >= 4 is 0 Å². The molecule has 0 bridgehead atoms. The molecule has 1 N–H and O–H groups in total. The zero-order valence-corrected chi connectivity index (χ0v) is 13.9. The highest BCUT2D eigenvalue weighted by atomic mass is 16.5. The van der Waals surface area contributed by atoms with Gasteiger partial charge in [0, 0.05) is 19.6 Å². The average Bonchev–Trinajstić information content (AvgIpc) is 2.53. The normalized spacial score (nSPS) is 21.7. The van der Waals surface area contributed by atoms with E-state index in [1.165, 1.54) is 6.42 Å². The fraction of sp³-hybridized carbons (Fsp3) is 0.667. The number of rotatable bonds is 7. The molecule has 128 valence electrons. The molecule has 23 heavy (non-hydrogen) atoms. The van der Waals surface area contributed by atoms with E-state index < -0.39 is 6.10 Å². The lowest BCUT2D eigenvalue weighted by molar-refractivity contribution is -0.155. The smallest absolute Gasteiger partial charge is 0.119 e. The van der Waals surface area contributed by atoms with Crippen LogP contribution in [0.25, 0.3) is 0 Å². The number of nitrogens with zero attached hydrogens (tertiary/aromatic N) is 1. The molecule has 1 aliphatic carbocycles. The van der Waals surface area contributed by atoms with Crippen molar-refractivity contribution in [1.82, 2.24) is 4.90 Å². The summed E-state index contributed by atoms with van der Waals surface area (Å²) in [5.74, 6) is 1.59. The maximum Gasteiger partial charge on any atom is 0.119 e. The molecule has 3 rings (SSSR count). The molecule has 1 spiro atoms. The molecule has 1 aromatic rings. The highest BCUT2D eigenvalue weighted by Crippen LogP contribution is 2.38. The Morgan fingerprint density at radius 1 is 1.22 bits per heavy atom. The predicted molar refractivity (Wildman–Crippen MR) is 88.1 cm³/mol. The zero-order valence-electron chi connectivity index (χ0n) is 13.9. The Morgan fingerprint density at radius 3 is 2.52 bits per heavy atom. The summed E-state index contributed by atoms with van der Waals surface area (Å²) in [5.41, 5.74) is 0.0773. The van der Waals surface area contributed by atoms with Gasteiger partial charge in [-0.15, -0.1) is 0 Å². The summed E-state index contributed by atoms with van der Waals surface area (Å²) in [4.78, 5) is 2.30. The van der Waals surface area contributed by atoms with Gasteiger partial charge in [0.25, 0.3) is 0 Å². The van der Waals surface area contributed by atoms with Crippen LogP contribution in [-0.4, -0.2) is 61.2 Å². The van der Waals surface area contributed by atoms with Crippen molar-refractivity contribution in [2.45, 2.75) is 37.9 Å². The van der Waals surface area contributed by atoms with E-state index in [0.717, 1.165) is 44.0 Å². The van der Waals surface area contributed by atoms with Crippen molar-refractivity contribution in [1.29, 1.82) is 0 Å². The molecular weight excluding hydrogens is 294 g/mol. The van der Waals surface area contributed by atoms with Crippen LogP contribution < -0.4 is 9.47 Å². The minimum Gasteiger partial charge on any atom is -0.494 e. The van der Waals surface area contributed by atoms with Crippen LogP contribution >= 0.6 is 0 Å². The first-order chi connectivity index (χ1) is 11.2. The Morgan fingerprint density at radius 2 is 1.91 bits per heavy atom. The molecule has 2 aliphatic rings. The van der Waals surface area contributed by atoms with E-state index in [0.29, 0.717) is 19.8 Å². The van der Waals surface area contributed by atoms with Crippen molar-refractivity contribution in [2.75, 3.05) is 39.5 Å².